The van der Waals surface area contributed by atoms with E-state index in [1.165, 1.54) is 0 Å². The van der Waals surface area contributed by atoms with Crippen molar-refractivity contribution in [3.63, 3.8) is 0 Å². The van der Waals surface area contributed by atoms with Gasteiger partial charge in [-0.2, -0.15) is 0 Å². The van der Waals surface area contributed by atoms with Gasteiger partial charge in [0.05, 0.1) is 26.7 Å². The molecule has 0 N–H and O–H groups in total. The number of rotatable bonds is 2. The van der Waals surface area contributed by atoms with Gasteiger partial charge < -0.3 is 13.8 Å². The maximum atomic E-state index is 3.54. The first-order chi connectivity index (χ1) is 5.83. The predicted octanol–water partition coefficient (Wildman–Crippen LogP) is 4.47. The van der Waals surface area contributed by atoms with Crippen molar-refractivity contribution in [1.82, 2.24) is 0 Å². The van der Waals surface area contributed by atoms with Crippen molar-refractivity contribution >= 4 is 0 Å². The van der Waals surface area contributed by atoms with Gasteiger partial charge in [-0.05, 0) is 0 Å². The first kappa shape index (κ1) is 22.5. The molecule has 0 radical (unpaired) electrons. The Morgan fingerprint density at radius 3 is 0.833 bits per heavy atom. The summed E-state index contributed by atoms with van der Waals surface area (Å²) in [6.45, 7) is 26.2. The van der Waals surface area contributed by atoms with Gasteiger partial charge in [-0.15, -0.1) is 39.2 Å². The molecule has 0 unspecified atom stereocenters. The summed E-state index contributed by atoms with van der Waals surface area (Å²) in [5, 5.41) is 0. The van der Waals surface area contributed by atoms with Crippen LogP contribution >= 0.6 is 0 Å². The zero-order valence-corrected chi connectivity index (χ0v) is 8.49. The third kappa shape index (κ3) is 419. The summed E-state index contributed by atoms with van der Waals surface area (Å²) < 4.78 is 0. The van der Waals surface area contributed by atoms with Crippen LogP contribution in [0.15, 0.2) is 26.3 Å². The lowest BCUT2D eigenvalue weighted by molar-refractivity contribution is 1.05. The molecule has 0 aliphatic heterocycles. The standard InChI is InChI=1S/2C4H8.2C2H4/c2*1-3-4-2;2*1-2/h2*1-4H2;2*1-2H2. The zero-order valence-electron chi connectivity index (χ0n) is 8.49. The Bertz CT molecular complexity index is 21.0. The average molecular weight is 168 g/mol. The molecule has 12 heavy (non-hydrogen) atoms. The van der Waals surface area contributed by atoms with Gasteiger partial charge in [0.15, 0.2) is 0 Å². The molecule has 72 valence electrons. The highest BCUT2D eigenvalue weighted by molar-refractivity contribution is 4.39. The lowest BCUT2D eigenvalue weighted by Crippen LogP contribution is -1.49. The summed E-state index contributed by atoms with van der Waals surface area (Å²) in [6.07, 6.45) is 3.83. The molecule has 0 aromatic heterocycles. The van der Waals surface area contributed by atoms with Crippen LogP contribution in [0.4, 0.5) is 0 Å². The molecule has 0 rings (SSSR count). The molecule has 0 saturated carbocycles. The smallest absolute Gasteiger partial charge is 0.0587 e. The van der Waals surface area contributed by atoms with Gasteiger partial charge in [-0.25, -0.2) is 0 Å². The zero-order chi connectivity index (χ0) is 10.8. The van der Waals surface area contributed by atoms with Gasteiger partial charge in [-0.1, -0.05) is 0 Å². The molecule has 0 heterocycles. The van der Waals surface area contributed by atoms with E-state index in [1.807, 2.05) is 0 Å². The molecular formula is C12H24. The second kappa shape index (κ2) is 83.8. The summed E-state index contributed by atoms with van der Waals surface area (Å²) in [5.41, 5.74) is 0. The molecule has 0 aliphatic rings. The molecule has 0 nitrogen and oxygen atoms in total. The molecule has 0 bridgehead atoms. The van der Waals surface area contributed by atoms with Crippen molar-refractivity contribution in [2.24, 2.45) is 0 Å². The number of hydrogen-bond acceptors (Lipinski definition) is 0. The maximum absolute atomic E-state index is 3.54. The molecule has 0 amide bonds. The maximum Gasteiger partial charge on any atom is 0.0587 e. The van der Waals surface area contributed by atoms with E-state index in [4.69, 9.17) is 0 Å². The van der Waals surface area contributed by atoms with E-state index in [2.05, 4.69) is 54.0 Å². The summed E-state index contributed by atoms with van der Waals surface area (Å²) >= 11 is 0. The van der Waals surface area contributed by atoms with E-state index in [9.17, 15) is 0 Å². The molecule has 0 fully saturated rings. The normalized spacial score (nSPS) is 5.50. The van der Waals surface area contributed by atoms with Crippen LogP contribution in [0.1, 0.15) is 25.7 Å². The lowest BCUT2D eigenvalue weighted by atomic mass is 10.4. The van der Waals surface area contributed by atoms with E-state index in [0.717, 1.165) is 25.7 Å². The van der Waals surface area contributed by atoms with E-state index in [0.29, 0.717) is 0 Å². The monoisotopic (exact) mass is 168 g/mol. The summed E-state index contributed by atoms with van der Waals surface area (Å²) in [7, 11) is 0. The number of hydrogen-bond donors (Lipinski definition) is 0. The SMILES string of the molecule is C=C.C=C.[CH2+]CC[CH2-].[CH2+]CC[CH2-]. The van der Waals surface area contributed by atoms with E-state index in [-0.39, 0.29) is 0 Å². The van der Waals surface area contributed by atoms with Crippen molar-refractivity contribution in [1.29, 1.82) is 0 Å². The van der Waals surface area contributed by atoms with Crippen LogP contribution in [0, 0.1) is 27.7 Å². The van der Waals surface area contributed by atoms with E-state index < -0.39 is 0 Å². The largest absolute Gasteiger partial charge is 0.339 e. The van der Waals surface area contributed by atoms with Crippen LogP contribution in [0.2, 0.25) is 0 Å². The minimum Gasteiger partial charge on any atom is -0.339 e. The molecule has 0 aliphatic carbocycles. The molecule has 0 saturated heterocycles. The summed E-state index contributed by atoms with van der Waals surface area (Å²) in [4.78, 5) is 0. The van der Waals surface area contributed by atoms with Crippen LogP contribution in [0.25, 0.3) is 0 Å². The summed E-state index contributed by atoms with van der Waals surface area (Å²) in [6, 6.07) is 0. The minimum atomic E-state index is 0.958. The van der Waals surface area contributed by atoms with Crippen LogP contribution in [-0.2, 0) is 0 Å². The fourth-order valence-corrected chi connectivity index (χ4v) is 0. The van der Waals surface area contributed by atoms with Gasteiger partial charge >= 0.3 is 0 Å². The molecule has 0 heteroatoms. The first-order valence-electron chi connectivity index (χ1n) is 4.00. The first-order valence-corrected chi connectivity index (χ1v) is 4.00. The third-order valence-electron chi connectivity index (χ3n) is 0.500. The van der Waals surface area contributed by atoms with Crippen LogP contribution < -0.4 is 0 Å². The van der Waals surface area contributed by atoms with E-state index >= 15 is 0 Å². The Labute approximate surface area is 80.4 Å². The van der Waals surface area contributed by atoms with Crippen LogP contribution in [0.3, 0.4) is 0 Å². The Morgan fingerprint density at radius 2 is 0.833 bits per heavy atom. The molecule has 0 aromatic rings. The van der Waals surface area contributed by atoms with Crippen LogP contribution in [0.5, 0.6) is 0 Å². The van der Waals surface area contributed by atoms with Crippen LogP contribution in [-0.4, -0.2) is 0 Å². The van der Waals surface area contributed by atoms with Crippen molar-refractivity contribution in [2.75, 3.05) is 0 Å². The second-order valence-electron chi connectivity index (χ2n) is 1.41. The molecular weight excluding hydrogens is 144 g/mol. The van der Waals surface area contributed by atoms with Crippen molar-refractivity contribution in [2.45, 2.75) is 25.7 Å². The Hall–Kier alpha value is -0.780. The van der Waals surface area contributed by atoms with Gasteiger partial charge in [0.2, 0.25) is 0 Å². The van der Waals surface area contributed by atoms with Crippen molar-refractivity contribution in [3.05, 3.63) is 54.0 Å². The lowest BCUT2D eigenvalue weighted by Gasteiger charge is -1.71. The highest BCUT2D eigenvalue weighted by Crippen LogP contribution is 1.75. The molecule has 0 aromatic carbocycles. The quantitative estimate of drug-likeness (QED) is 0.421. The number of unbranched alkanes of at least 4 members (excludes halogenated alkanes) is 2. The minimum absolute atomic E-state index is 0.958. The molecule has 0 spiro atoms. The topological polar surface area (TPSA) is 0 Å². The van der Waals surface area contributed by atoms with Gasteiger partial charge in [-0.3, -0.25) is 0 Å². The van der Waals surface area contributed by atoms with Gasteiger partial charge in [0.25, 0.3) is 0 Å². The highest BCUT2D eigenvalue weighted by Gasteiger charge is 1.57. The Morgan fingerprint density at radius 1 is 0.750 bits per heavy atom. The Kier molecular flexibility index (Phi) is 157. The van der Waals surface area contributed by atoms with Crippen molar-refractivity contribution in [3.8, 4) is 0 Å². The predicted molar refractivity (Wildman–Crippen MR) is 62.4 cm³/mol. The van der Waals surface area contributed by atoms with Crippen molar-refractivity contribution < 1.29 is 0 Å². The van der Waals surface area contributed by atoms with Gasteiger partial charge in [0.1, 0.15) is 0 Å². The Balaban J connectivity index is -0.0000000380. The second-order valence-corrected chi connectivity index (χ2v) is 1.41. The highest BCUT2D eigenvalue weighted by atomic mass is 13.6. The average Bonchev–Trinajstić information content (AvgIpc) is 2.23. The summed E-state index contributed by atoms with van der Waals surface area (Å²) in [5.74, 6) is 0. The fraction of sp³-hybridized carbons (Fsp3) is 0.333. The van der Waals surface area contributed by atoms with Gasteiger partial charge in [0, 0.05) is 0 Å². The van der Waals surface area contributed by atoms with E-state index in [1.54, 1.807) is 0 Å². The fourth-order valence-electron chi connectivity index (χ4n) is 0. The molecule has 0 atom stereocenters. The third-order valence-corrected chi connectivity index (χ3v) is 0.500.